The van der Waals surface area contributed by atoms with Gasteiger partial charge in [-0.15, -0.1) is 0 Å². The molecule has 1 aliphatic heterocycles. The molecule has 0 atom stereocenters. The fourth-order valence-corrected chi connectivity index (χ4v) is 4.23. The summed E-state index contributed by atoms with van der Waals surface area (Å²) in [5, 5.41) is 9.30. The van der Waals surface area contributed by atoms with Crippen LogP contribution in [0.4, 0.5) is 0 Å². The van der Waals surface area contributed by atoms with Gasteiger partial charge in [-0.05, 0) is 60.7 Å². The van der Waals surface area contributed by atoms with Crippen molar-refractivity contribution in [2.45, 2.75) is 40.2 Å². The molecule has 1 aliphatic rings. The monoisotopic (exact) mass is 468 g/mol. The third-order valence-electron chi connectivity index (χ3n) is 6.20. The van der Waals surface area contributed by atoms with Crippen LogP contribution in [-0.2, 0) is 17.7 Å². The number of nitrogens with zero attached hydrogens (tertiary/aromatic N) is 2. The SMILES string of the molecule is CCN(CCO)C(=O)c1ccc2c(c1)Cc1cccc(c1)CN(CCC(C)C)CCOCCO2. The summed E-state index contributed by atoms with van der Waals surface area (Å²) in [6.07, 6.45) is 1.85. The van der Waals surface area contributed by atoms with E-state index < -0.39 is 0 Å². The Morgan fingerprint density at radius 2 is 1.94 bits per heavy atom. The number of aliphatic hydroxyl groups is 1. The summed E-state index contributed by atoms with van der Waals surface area (Å²) in [5.74, 6) is 1.38. The number of rotatable bonds is 7. The van der Waals surface area contributed by atoms with Crippen LogP contribution in [0.2, 0.25) is 0 Å². The number of ether oxygens (including phenoxy) is 2. The fraction of sp³-hybridized carbons (Fsp3) is 0.536. The molecule has 2 aromatic carbocycles. The molecule has 34 heavy (non-hydrogen) atoms. The Labute approximate surface area is 204 Å². The quantitative estimate of drug-likeness (QED) is 0.666. The number of carbonyl (C=O) groups excluding carboxylic acids is 1. The van der Waals surface area contributed by atoms with Crippen molar-refractivity contribution in [3.63, 3.8) is 0 Å². The molecule has 2 bridgehead atoms. The number of aliphatic hydroxyl groups excluding tert-OH is 1. The number of fused-ring (bicyclic) bond motifs is 3. The summed E-state index contributed by atoms with van der Waals surface area (Å²) >= 11 is 0. The first-order chi connectivity index (χ1) is 16.5. The molecule has 0 spiro atoms. The molecule has 0 unspecified atom stereocenters. The van der Waals surface area contributed by atoms with Gasteiger partial charge in [0.15, 0.2) is 0 Å². The van der Waals surface area contributed by atoms with Crippen LogP contribution in [0.5, 0.6) is 5.75 Å². The van der Waals surface area contributed by atoms with Gasteiger partial charge in [0.25, 0.3) is 5.91 Å². The Kier molecular flexibility index (Phi) is 10.4. The lowest BCUT2D eigenvalue weighted by atomic mass is 9.99. The van der Waals surface area contributed by atoms with Crippen LogP contribution in [0.25, 0.3) is 0 Å². The molecule has 6 heteroatoms. The predicted molar refractivity (Wildman–Crippen MR) is 135 cm³/mol. The van der Waals surface area contributed by atoms with Crippen LogP contribution in [0.15, 0.2) is 42.5 Å². The number of carbonyl (C=O) groups is 1. The minimum atomic E-state index is -0.0726. The zero-order valence-electron chi connectivity index (χ0n) is 21.0. The van der Waals surface area contributed by atoms with Gasteiger partial charge in [0.05, 0.1) is 19.8 Å². The molecule has 0 radical (unpaired) electrons. The number of benzene rings is 2. The topological polar surface area (TPSA) is 62.2 Å². The lowest BCUT2D eigenvalue weighted by Crippen LogP contribution is -2.33. The standard InChI is InChI=1S/C28H40N2O4/c1-4-30(12-14-31)28(32)25-8-9-27-26(20-25)19-23-6-5-7-24(18-23)21-29(11-10-22(2)3)13-15-33-16-17-34-27/h5-9,18,20,22,31H,4,10-17,19,21H2,1-3H3. The van der Waals surface area contributed by atoms with Crippen molar-refractivity contribution in [1.29, 1.82) is 0 Å². The average molecular weight is 469 g/mol. The Morgan fingerprint density at radius 1 is 1.12 bits per heavy atom. The minimum Gasteiger partial charge on any atom is -0.491 e. The van der Waals surface area contributed by atoms with Crippen LogP contribution in [-0.4, -0.2) is 73.4 Å². The maximum atomic E-state index is 13.0. The van der Waals surface area contributed by atoms with E-state index in [9.17, 15) is 9.90 Å². The van der Waals surface area contributed by atoms with Gasteiger partial charge < -0.3 is 19.5 Å². The highest BCUT2D eigenvalue weighted by atomic mass is 16.5. The summed E-state index contributed by atoms with van der Waals surface area (Å²) in [4.78, 5) is 17.1. The van der Waals surface area contributed by atoms with Crippen molar-refractivity contribution >= 4 is 5.91 Å². The first kappa shape index (κ1) is 26.2. The van der Waals surface area contributed by atoms with E-state index in [-0.39, 0.29) is 12.5 Å². The molecule has 1 N–H and O–H groups in total. The molecule has 186 valence electrons. The van der Waals surface area contributed by atoms with E-state index in [1.165, 1.54) is 11.1 Å². The van der Waals surface area contributed by atoms with Gasteiger partial charge in [0.1, 0.15) is 12.4 Å². The third-order valence-corrected chi connectivity index (χ3v) is 6.20. The second-order valence-corrected chi connectivity index (χ2v) is 9.35. The van der Waals surface area contributed by atoms with Crippen molar-refractivity contribution in [2.24, 2.45) is 5.92 Å². The van der Waals surface area contributed by atoms with E-state index in [1.54, 1.807) is 4.90 Å². The summed E-state index contributed by atoms with van der Waals surface area (Å²) in [5.41, 5.74) is 4.09. The van der Waals surface area contributed by atoms with Crippen molar-refractivity contribution in [2.75, 3.05) is 52.6 Å². The summed E-state index contributed by atoms with van der Waals surface area (Å²) in [6, 6.07) is 14.3. The normalized spacial score (nSPS) is 15.3. The lowest BCUT2D eigenvalue weighted by Gasteiger charge is -2.24. The minimum absolute atomic E-state index is 0.0470. The second kappa shape index (κ2) is 13.5. The van der Waals surface area contributed by atoms with Gasteiger partial charge >= 0.3 is 0 Å². The first-order valence-corrected chi connectivity index (χ1v) is 12.5. The molecule has 0 aliphatic carbocycles. The van der Waals surface area contributed by atoms with E-state index in [0.29, 0.717) is 50.8 Å². The van der Waals surface area contributed by atoms with Crippen molar-refractivity contribution in [1.82, 2.24) is 9.80 Å². The Morgan fingerprint density at radius 3 is 2.71 bits per heavy atom. The van der Waals surface area contributed by atoms with E-state index in [0.717, 1.165) is 37.4 Å². The Bertz CT molecular complexity index is 915. The lowest BCUT2D eigenvalue weighted by molar-refractivity contribution is 0.0730. The van der Waals surface area contributed by atoms with E-state index >= 15 is 0 Å². The highest BCUT2D eigenvalue weighted by Gasteiger charge is 2.17. The van der Waals surface area contributed by atoms with Crippen molar-refractivity contribution in [3.05, 3.63) is 64.7 Å². The molecular formula is C28H40N2O4. The van der Waals surface area contributed by atoms with E-state index in [1.807, 2.05) is 25.1 Å². The molecule has 0 saturated carbocycles. The number of hydrogen-bond acceptors (Lipinski definition) is 5. The number of amides is 1. The van der Waals surface area contributed by atoms with E-state index in [4.69, 9.17) is 9.47 Å². The third kappa shape index (κ3) is 7.83. The highest BCUT2D eigenvalue weighted by Crippen LogP contribution is 2.25. The van der Waals surface area contributed by atoms with Gasteiger partial charge in [0.2, 0.25) is 0 Å². The van der Waals surface area contributed by atoms with Gasteiger partial charge in [-0.25, -0.2) is 0 Å². The molecule has 1 heterocycles. The average Bonchev–Trinajstić information content (AvgIpc) is 2.83. The number of hydrogen-bond donors (Lipinski definition) is 1. The molecule has 1 amide bonds. The zero-order chi connectivity index (χ0) is 24.3. The summed E-state index contributed by atoms with van der Waals surface area (Å²) in [7, 11) is 0. The van der Waals surface area contributed by atoms with Crippen LogP contribution in [0, 0.1) is 5.92 Å². The van der Waals surface area contributed by atoms with Gasteiger partial charge in [0, 0.05) is 38.2 Å². The predicted octanol–water partition coefficient (Wildman–Crippen LogP) is 3.99. The summed E-state index contributed by atoms with van der Waals surface area (Å²) < 4.78 is 11.9. The van der Waals surface area contributed by atoms with Crippen LogP contribution < -0.4 is 4.74 Å². The molecule has 0 saturated heterocycles. The summed E-state index contributed by atoms with van der Waals surface area (Å²) in [6.45, 7) is 11.8. The van der Waals surface area contributed by atoms with Crippen LogP contribution >= 0.6 is 0 Å². The maximum Gasteiger partial charge on any atom is 0.253 e. The molecule has 0 aromatic heterocycles. The van der Waals surface area contributed by atoms with Crippen molar-refractivity contribution < 1.29 is 19.4 Å². The van der Waals surface area contributed by atoms with Gasteiger partial charge in [-0.1, -0.05) is 38.1 Å². The van der Waals surface area contributed by atoms with Gasteiger partial charge in [-0.3, -0.25) is 9.69 Å². The van der Waals surface area contributed by atoms with Crippen LogP contribution in [0.1, 0.15) is 54.2 Å². The highest BCUT2D eigenvalue weighted by molar-refractivity contribution is 5.94. The Hall–Kier alpha value is -2.41. The molecular weight excluding hydrogens is 428 g/mol. The second-order valence-electron chi connectivity index (χ2n) is 9.35. The smallest absolute Gasteiger partial charge is 0.253 e. The first-order valence-electron chi connectivity index (χ1n) is 12.5. The molecule has 6 nitrogen and oxygen atoms in total. The molecule has 0 fully saturated rings. The van der Waals surface area contributed by atoms with E-state index in [2.05, 4.69) is 43.0 Å². The largest absolute Gasteiger partial charge is 0.491 e. The van der Waals surface area contributed by atoms with Gasteiger partial charge in [-0.2, -0.15) is 0 Å². The molecule has 2 aromatic rings. The maximum absolute atomic E-state index is 13.0. The number of likely N-dealkylation sites (N-methyl/N-ethyl adjacent to an activating group) is 1. The zero-order valence-corrected chi connectivity index (χ0v) is 21.0. The fourth-order valence-electron chi connectivity index (χ4n) is 4.23. The Balaban J connectivity index is 1.87. The van der Waals surface area contributed by atoms with Crippen LogP contribution in [0.3, 0.4) is 0 Å². The molecule has 3 rings (SSSR count). The van der Waals surface area contributed by atoms with Crippen molar-refractivity contribution in [3.8, 4) is 5.75 Å².